The maximum atomic E-state index is 13.5. The van der Waals surface area contributed by atoms with E-state index in [1.165, 1.54) is 12.1 Å². The minimum absolute atomic E-state index is 0.605. The predicted molar refractivity (Wildman–Crippen MR) is 98.6 cm³/mol. The van der Waals surface area contributed by atoms with E-state index >= 15 is 0 Å². The minimum atomic E-state index is -0.806. The van der Waals surface area contributed by atoms with Crippen LogP contribution in [-0.4, -0.2) is 50.7 Å². The van der Waals surface area contributed by atoms with E-state index in [9.17, 15) is 8.78 Å². The molecule has 3 heterocycles. The molecule has 142 valence electrons. The average molecular weight is 372 g/mol. The van der Waals surface area contributed by atoms with Crippen molar-refractivity contribution in [2.45, 2.75) is 26.3 Å². The Balaban J connectivity index is 1.49. The number of nitrogens with zero attached hydrogens (tertiary/aromatic N) is 6. The molecule has 0 saturated carbocycles. The van der Waals surface area contributed by atoms with Gasteiger partial charge in [0.1, 0.15) is 5.82 Å². The summed E-state index contributed by atoms with van der Waals surface area (Å²) in [7, 11) is 0. The molecule has 1 aliphatic heterocycles. The van der Waals surface area contributed by atoms with Crippen molar-refractivity contribution in [1.82, 2.24) is 24.5 Å². The molecule has 2 aromatic heterocycles. The standard InChI is InChI=1S/C19H22F2N6/c1-2-17-23-24-19-18(22-6-9-27(17)19)26-8-3-7-25(10-11-26)13-14-4-5-15(20)16(21)12-14/h4-6,9,12H,2-3,7-8,10-11,13H2,1H3. The van der Waals surface area contributed by atoms with Gasteiger partial charge >= 0.3 is 0 Å². The number of halogens is 2. The van der Waals surface area contributed by atoms with Gasteiger partial charge in [0, 0.05) is 51.5 Å². The van der Waals surface area contributed by atoms with Gasteiger partial charge in [0.25, 0.3) is 0 Å². The van der Waals surface area contributed by atoms with Crippen LogP contribution in [-0.2, 0) is 13.0 Å². The molecule has 1 aliphatic rings. The highest BCUT2D eigenvalue weighted by atomic mass is 19.2. The third kappa shape index (κ3) is 3.62. The van der Waals surface area contributed by atoms with Gasteiger partial charge in [0.2, 0.25) is 5.65 Å². The van der Waals surface area contributed by atoms with Crippen molar-refractivity contribution >= 4 is 11.5 Å². The number of hydrogen-bond donors (Lipinski definition) is 0. The van der Waals surface area contributed by atoms with Crippen LogP contribution in [0.25, 0.3) is 5.65 Å². The van der Waals surface area contributed by atoms with Crippen LogP contribution in [0.5, 0.6) is 0 Å². The zero-order valence-electron chi connectivity index (χ0n) is 15.3. The third-order valence-electron chi connectivity index (χ3n) is 4.97. The molecule has 0 amide bonds. The highest BCUT2D eigenvalue weighted by Crippen LogP contribution is 2.20. The Morgan fingerprint density at radius 3 is 2.74 bits per heavy atom. The van der Waals surface area contributed by atoms with Gasteiger partial charge in [-0.1, -0.05) is 13.0 Å². The van der Waals surface area contributed by atoms with Crippen molar-refractivity contribution in [1.29, 1.82) is 0 Å². The van der Waals surface area contributed by atoms with Gasteiger partial charge in [-0.2, -0.15) is 0 Å². The second kappa shape index (κ2) is 7.56. The fourth-order valence-corrected chi connectivity index (χ4v) is 3.56. The summed E-state index contributed by atoms with van der Waals surface area (Å²) in [4.78, 5) is 9.03. The number of aryl methyl sites for hydroxylation is 1. The van der Waals surface area contributed by atoms with Gasteiger partial charge in [0.05, 0.1) is 0 Å². The van der Waals surface area contributed by atoms with Gasteiger partial charge < -0.3 is 4.90 Å². The third-order valence-corrected chi connectivity index (χ3v) is 4.97. The number of hydrogen-bond acceptors (Lipinski definition) is 5. The second-order valence-electron chi connectivity index (χ2n) is 6.78. The van der Waals surface area contributed by atoms with E-state index in [-0.39, 0.29) is 0 Å². The van der Waals surface area contributed by atoms with E-state index in [4.69, 9.17) is 0 Å². The molecule has 3 aromatic rings. The summed E-state index contributed by atoms with van der Waals surface area (Å²) >= 11 is 0. The van der Waals surface area contributed by atoms with E-state index in [2.05, 4.69) is 31.9 Å². The predicted octanol–water partition coefficient (Wildman–Crippen LogP) is 2.68. The Morgan fingerprint density at radius 2 is 1.93 bits per heavy atom. The molecule has 0 radical (unpaired) electrons. The van der Waals surface area contributed by atoms with E-state index in [0.717, 1.165) is 61.9 Å². The lowest BCUT2D eigenvalue weighted by Gasteiger charge is -2.23. The second-order valence-corrected chi connectivity index (χ2v) is 6.78. The topological polar surface area (TPSA) is 49.6 Å². The summed E-state index contributed by atoms with van der Waals surface area (Å²) in [5.41, 5.74) is 1.57. The van der Waals surface area contributed by atoms with Crippen molar-refractivity contribution < 1.29 is 8.78 Å². The molecule has 8 heteroatoms. The zero-order valence-corrected chi connectivity index (χ0v) is 15.3. The zero-order chi connectivity index (χ0) is 18.8. The van der Waals surface area contributed by atoms with E-state index < -0.39 is 11.6 Å². The van der Waals surface area contributed by atoms with Crippen LogP contribution in [0, 0.1) is 11.6 Å². The monoisotopic (exact) mass is 372 g/mol. The normalized spacial score (nSPS) is 16.0. The van der Waals surface area contributed by atoms with Crippen molar-refractivity contribution in [3.63, 3.8) is 0 Å². The fraction of sp³-hybridized carbons (Fsp3) is 0.421. The summed E-state index contributed by atoms with van der Waals surface area (Å²) < 4.78 is 28.6. The number of fused-ring (bicyclic) bond motifs is 1. The van der Waals surface area contributed by atoms with Crippen LogP contribution in [0.15, 0.2) is 30.6 Å². The van der Waals surface area contributed by atoms with Crippen LogP contribution in [0.2, 0.25) is 0 Å². The summed E-state index contributed by atoms with van der Waals surface area (Å²) in [5.74, 6) is 0.167. The van der Waals surface area contributed by atoms with Gasteiger partial charge in [-0.3, -0.25) is 9.30 Å². The first-order valence-electron chi connectivity index (χ1n) is 9.25. The summed E-state index contributed by atoms with van der Waals surface area (Å²) in [6, 6.07) is 4.12. The van der Waals surface area contributed by atoms with E-state index in [1.54, 1.807) is 12.3 Å². The average Bonchev–Trinajstić information content (AvgIpc) is 2.97. The molecule has 0 aliphatic carbocycles. The van der Waals surface area contributed by atoms with Crippen LogP contribution >= 0.6 is 0 Å². The largest absolute Gasteiger partial charge is 0.352 e. The summed E-state index contributed by atoms with van der Waals surface area (Å²) in [6.45, 7) is 6.04. The summed E-state index contributed by atoms with van der Waals surface area (Å²) in [6.07, 6.45) is 5.45. The van der Waals surface area contributed by atoms with Crippen molar-refractivity contribution in [2.75, 3.05) is 31.1 Å². The van der Waals surface area contributed by atoms with Gasteiger partial charge in [-0.05, 0) is 24.1 Å². The molecule has 0 spiro atoms. The number of benzene rings is 1. The van der Waals surface area contributed by atoms with Crippen molar-refractivity contribution in [3.05, 3.63) is 53.6 Å². The number of aromatic nitrogens is 4. The SMILES string of the molecule is CCc1nnc2c(N3CCCN(Cc4ccc(F)c(F)c4)CC3)nccn12. The van der Waals surface area contributed by atoms with Crippen LogP contribution < -0.4 is 4.90 Å². The van der Waals surface area contributed by atoms with Crippen LogP contribution in [0.4, 0.5) is 14.6 Å². The Labute approximate surface area is 156 Å². The molecule has 0 unspecified atom stereocenters. The van der Waals surface area contributed by atoms with Crippen LogP contribution in [0.3, 0.4) is 0 Å². The lowest BCUT2D eigenvalue weighted by molar-refractivity contribution is 0.284. The molecule has 0 bridgehead atoms. The van der Waals surface area contributed by atoms with Crippen LogP contribution in [0.1, 0.15) is 24.7 Å². The van der Waals surface area contributed by atoms with Gasteiger partial charge in [-0.15, -0.1) is 10.2 Å². The smallest absolute Gasteiger partial charge is 0.203 e. The first-order valence-corrected chi connectivity index (χ1v) is 9.25. The molecule has 1 fully saturated rings. The highest BCUT2D eigenvalue weighted by Gasteiger charge is 2.20. The molecular weight excluding hydrogens is 350 g/mol. The Bertz CT molecular complexity index is 941. The lowest BCUT2D eigenvalue weighted by atomic mass is 10.2. The molecule has 27 heavy (non-hydrogen) atoms. The van der Waals surface area contributed by atoms with Gasteiger partial charge in [-0.25, -0.2) is 13.8 Å². The molecular formula is C19H22F2N6. The molecule has 0 atom stereocenters. The quantitative estimate of drug-likeness (QED) is 0.705. The highest BCUT2D eigenvalue weighted by molar-refractivity contribution is 5.63. The summed E-state index contributed by atoms with van der Waals surface area (Å²) in [5, 5.41) is 8.57. The Kier molecular flexibility index (Phi) is 4.98. The lowest BCUT2D eigenvalue weighted by Crippen LogP contribution is -2.31. The number of rotatable bonds is 4. The van der Waals surface area contributed by atoms with E-state index in [0.29, 0.717) is 6.54 Å². The van der Waals surface area contributed by atoms with Gasteiger partial charge in [0.15, 0.2) is 17.5 Å². The maximum absolute atomic E-state index is 13.5. The number of anilines is 1. The van der Waals surface area contributed by atoms with E-state index in [1.807, 2.05) is 10.6 Å². The Morgan fingerprint density at radius 1 is 1.04 bits per heavy atom. The molecule has 4 rings (SSSR count). The minimum Gasteiger partial charge on any atom is -0.352 e. The molecule has 0 N–H and O–H groups in total. The van der Waals surface area contributed by atoms with Crippen molar-refractivity contribution in [3.8, 4) is 0 Å². The maximum Gasteiger partial charge on any atom is 0.203 e. The fourth-order valence-electron chi connectivity index (χ4n) is 3.56. The van der Waals surface area contributed by atoms with Crippen molar-refractivity contribution in [2.24, 2.45) is 0 Å². The first-order chi connectivity index (χ1) is 13.2. The molecule has 1 aromatic carbocycles. The molecule has 6 nitrogen and oxygen atoms in total. The Hall–Kier alpha value is -2.61. The first kappa shape index (κ1) is 17.8. The molecule has 1 saturated heterocycles.